The van der Waals surface area contributed by atoms with Crippen LogP contribution < -0.4 is 10.1 Å². The Morgan fingerprint density at radius 2 is 2.14 bits per heavy atom. The van der Waals surface area contributed by atoms with E-state index in [9.17, 15) is 4.39 Å². The van der Waals surface area contributed by atoms with Crippen molar-refractivity contribution < 1.29 is 9.13 Å². The van der Waals surface area contributed by atoms with Gasteiger partial charge in [-0.2, -0.15) is 0 Å². The highest BCUT2D eigenvalue weighted by molar-refractivity contribution is 5.21. The van der Waals surface area contributed by atoms with Crippen LogP contribution in [0.2, 0.25) is 0 Å². The molecule has 0 aromatic heterocycles. The number of hydrogen-bond acceptors (Lipinski definition) is 2. The van der Waals surface area contributed by atoms with Gasteiger partial charge in [0.05, 0.1) is 0 Å². The molecule has 0 saturated carbocycles. The monoisotopic (exact) mass is 195 g/mol. The summed E-state index contributed by atoms with van der Waals surface area (Å²) < 4.78 is 19.2. The Bertz CT molecular complexity index is 283. The number of para-hydroxylation sites is 1. The lowest BCUT2D eigenvalue weighted by molar-refractivity contribution is 0.103. The highest BCUT2D eigenvalue weighted by Gasteiger charge is 2.34. The Morgan fingerprint density at radius 1 is 1.36 bits per heavy atom. The molecule has 0 aliphatic carbocycles. The Morgan fingerprint density at radius 3 is 2.79 bits per heavy atom. The fraction of sp³-hybridized carbons (Fsp3) is 0.455. The molecule has 0 bridgehead atoms. The maximum absolute atomic E-state index is 13.8. The van der Waals surface area contributed by atoms with E-state index in [1.165, 1.54) is 0 Å². The summed E-state index contributed by atoms with van der Waals surface area (Å²) in [6.45, 7) is 1.29. The SMILES string of the molecule is FC1(COc2ccccc2)CCNC1. The molecule has 1 aromatic carbocycles. The second-order valence-corrected chi connectivity index (χ2v) is 3.68. The Labute approximate surface area is 83.1 Å². The largest absolute Gasteiger partial charge is 0.490 e. The van der Waals surface area contributed by atoms with E-state index in [0.29, 0.717) is 13.0 Å². The maximum atomic E-state index is 13.8. The van der Waals surface area contributed by atoms with Gasteiger partial charge in [-0.15, -0.1) is 0 Å². The summed E-state index contributed by atoms with van der Waals surface area (Å²) in [7, 11) is 0. The van der Waals surface area contributed by atoms with Gasteiger partial charge in [-0.25, -0.2) is 4.39 Å². The fourth-order valence-electron chi connectivity index (χ4n) is 1.57. The number of benzene rings is 1. The van der Waals surface area contributed by atoms with Crippen LogP contribution in [-0.2, 0) is 0 Å². The van der Waals surface area contributed by atoms with Crippen LogP contribution in [0.3, 0.4) is 0 Å². The van der Waals surface area contributed by atoms with Crippen molar-refractivity contribution in [3.8, 4) is 5.75 Å². The van der Waals surface area contributed by atoms with E-state index in [1.54, 1.807) is 0 Å². The molecule has 1 heterocycles. The number of alkyl halides is 1. The summed E-state index contributed by atoms with van der Waals surface area (Å²) in [5.74, 6) is 0.733. The molecule has 1 aliphatic rings. The van der Waals surface area contributed by atoms with Crippen molar-refractivity contribution in [2.24, 2.45) is 0 Å². The molecule has 14 heavy (non-hydrogen) atoms. The van der Waals surface area contributed by atoms with E-state index in [1.807, 2.05) is 30.3 Å². The van der Waals surface area contributed by atoms with E-state index >= 15 is 0 Å². The van der Waals surface area contributed by atoms with Gasteiger partial charge in [-0.1, -0.05) is 18.2 Å². The summed E-state index contributed by atoms with van der Waals surface area (Å²) in [5, 5.41) is 2.99. The summed E-state index contributed by atoms with van der Waals surface area (Å²) in [6, 6.07) is 9.35. The molecular formula is C11H14FNO. The molecule has 3 heteroatoms. The minimum atomic E-state index is -1.18. The van der Waals surface area contributed by atoms with E-state index in [-0.39, 0.29) is 6.61 Å². The standard InChI is InChI=1S/C11H14FNO/c12-11(6-7-13-8-11)9-14-10-4-2-1-3-5-10/h1-5,13H,6-9H2. The van der Waals surface area contributed by atoms with Gasteiger partial charge in [-0.3, -0.25) is 0 Å². The van der Waals surface area contributed by atoms with E-state index < -0.39 is 5.67 Å². The first kappa shape index (κ1) is 9.46. The molecule has 1 unspecified atom stereocenters. The molecule has 1 aliphatic heterocycles. The lowest BCUT2D eigenvalue weighted by Gasteiger charge is -2.18. The number of rotatable bonds is 3. The number of ether oxygens (including phenoxy) is 1. The van der Waals surface area contributed by atoms with Crippen LogP contribution >= 0.6 is 0 Å². The van der Waals surface area contributed by atoms with Crippen molar-refractivity contribution in [2.45, 2.75) is 12.1 Å². The van der Waals surface area contributed by atoms with E-state index in [4.69, 9.17) is 4.74 Å². The summed E-state index contributed by atoms with van der Waals surface area (Å²) >= 11 is 0. The van der Waals surface area contributed by atoms with Crippen LogP contribution in [0, 0.1) is 0 Å². The zero-order chi connectivity index (χ0) is 9.86. The van der Waals surface area contributed by atoms with Gasteiger partial charge < -0.3 is 10.1 Å². The van der Waals surface area contributed by atoms with Gasteiger partial charge in [-0.05, 0) is 25.1 Å². The molecule has 0 radical (unpaired) electrons. The van der Waals surface area contributed by atoms with Crippen LogP contribution in [0.4, 0.5) is 4.39 Å². The molecule has 1 aromatic rings. The quantitative estimate of drug-likeness (QED) is 0.793. The van der Waals surface area contributed by atoms with Gasteiger partial charge in [0.15, 0.2) is 5.67 Å². The zero-order valence-corrected chi connectivity index (χ0v) is 8.00. The molecule has 2 rings (SSSR count). The van der Waals surface area contributed by atoms with Crippen molar-refractivity contribution in [1.82, 2.24) is 5.32 Å². The summed E-state index contributed by atoms with van der Waals surface area (Å²) in [5.41, 5.74) is -1.18. The van der Waals surface area contributed by atoms with Gasteiger partial charge in [0.25, 0.3) is 0 Å². The minimum Gasteiger partial charge on any atom is -0.490 e. The first-order valence-electron chi connectivity index (χ1n) is 4.86. The molecule has 76 valence electrons. The van der Waals surface area contributed by atoms with Crippen molar-refractivity contribution in [3.63, 3.8) is 0 Å². The first-order chi connectivity index (χ1) is 6.79. The molecule has 0 spiro atoms. The Hall–Kier alpha value is -1.09. The third-order valence-corrected chi connectivity index (χ3v) is 2.43. The smallest absolute Gasteiger partial charge is 0.158 e. The molecule has 1 saturated heterocycles. The van der Waals surface area contributed by atoms with Crippen molar-refractivity contribution in [1.29, 1.82) is 0 Å². The molecule has 1 N–H and O–H groups in total. The number of hydrogen-bond donors (Lipinski definition) is 1. The van der Waals surface area contributed by atoms with E-state index in [2.05, 4.69) is 5.32 Å². The predicted molar refractivity (Wildman–Crippen MR) is 53.3 cm³/mol. The second kappa shape index (κ2) is 3.96. The third kappa shape index (κ3) is 2.23. The Kier molecular flexibility index (Phi) is 2.68. The maximum Gasteiger partial charge on any atom is 0.158 e. The van der Waals surface area contributed by atoms with Crippen LogP contribution in [-0.4, -0.2) is 25.4 Å². The minimum absolute atomic E-state index is 0.143. The average Bonchev–Trinajstić information content (AvgIpc) is 2.65. The fourth-order valence-corrected chi connectivity index (χ4v) is 1.57. The molecule has 0 amide bonds. The molecule has 1 atom stereocenters. The second-order valence-electron chi connectivity index (χ2n) is 3.68. The summed E-state index contributed by atoms with van der Waals surface area (Å²) in [4.78, 5) is 0. The van der Waals surface area contributed by atoms with Gasteiger partial charge in [0.2, 0.25) is 0 Å². The van der Waals surface area contributed by atoms with Crippen molar-refractivity contribution >= 4 is 0 Å². The lowest BCUT2D eigenvalue weighted by Crippen LogP contribution is -2.33. The predicted octanol–water partition coefficient (Wildman–Crippen LogP) is 1.77. The van der Waals surface area contributed by atoms with Crippen LogP contribution in [0.5, 0.6) is 5.75 Å². The topological polar surface area (TPSA) is 21.3 Å². The zero-order valence-electron chi connectivity index (χ0n) is 8.00. The summed E-state index contributed by atoms with van der Waals surface area (Å²) in [6.07, 6.45) is 0.542. The normalized spacial score (nSPS) is 26.4. The van der Waals surface area contributed by atoms with Gasteiger partial charge >= 0.3 is 0 Å². The van der Waals surface area contributed by atoms with Crippen molar-refractivity contribution in [2.75, 3.05) is 19.7 Å². The first-order valence-corrected chi connectivity index (χ1v) is 4.86. The Balaban J connectivity index is 1.88. The van der Waals surface area contributed by atoms with Crippen LogP contribution in [0.1, 0.15) is 6.42 Å². The van der Waals surface area contributed by atoms with Gasteiger partial charge in [0, 0.05) is 6.54 Å². The van der Waals surface area contributed by atoms with E-state index in [0.717, 1.165) is 12.3 Å². The van der Waals surface area contributed by atoms with Crippen LogP contribution in [0.25, 0.3) is 0 Å². The average molecular weight is 195 g/mol. The molecular weight excluding hydrogens is 181 g/mol. The van der Waals surface area contributed by atoms with Crippen LogP contribution in [0.15, 0.2) is 30.3 Å². The van der Waals surface area contributed by atoms with Crippen molar-refractivity contribution in [3.05, 3.63) is 30.3 Å². The third-order valence-electron chi connectivity index (χ3n) is 2.43. The number of nitrogens with one attached hydrogen (secondary N) is 1. The molecule has 1 fully saturated rings. The highest BCUT2D eigenvalue weighted by Crippen LogP contribution is 2.21. The highest BCUT2D eigenvalue weighted by atomic mass is 19.1. The van der Waals surface area contributed by atoms with Gasteiger partial charge in [0.1, 0.15) is 12.4 Å². The number of halogens is 1. The molecule has 2 nitrogen and oxygen atoms in total. The lowest BCUT2D eigenvalue weighted by atomic mass is 10.1.